The molecule has 5 nitrogen and oxygen atoms in total. The number of fused-ring (bicyclic) bond motifs is 5. The number of aryl methyl sites for hydroxylation is 2. The molecule has 4 rings (SSSR count). The summed E-state index contributed by atoms with van der Waals surface area (Å²) >= 11 is 1.76. The van der Waals surface area contributed by atoms with Gasteiger partial charge in [0, 0.05) is 24.0 Å². The van der Waals surface area contributed by atoms with Gasteiger partial charge in [0.2, 0.25) is 0 Å². The van der Waals surface area contributed by atoms with Crippen LogP contribution < -0.4 is 10.2 Å². The Labute approximate surface area is 165 Å². The highest BCUT2D eigenvalue weighted by Crippen LogP contribution is 2.40. The van der Waals surface area contributed by atoms with Crippen molar-refractivity contribution in [2.45, 2.75) is 51.9 Å². The zero-order chi connectivity index (χ0) is 18.8. The van der Waals surface area contributed by atoms with Crippen molar-refractivity contribution in [2.75, 3.05) is 32.5 Å². The molecular formula is C21H30N5S+. The first-order valence-electron chi connectivity index (χ1n) is 10.3. The molecule has 144 valence electrons. The van der Waals surface area contributed by atoms with E-state index in [-0.39, 0.29) is 0 Å². The van der Waals surface area contributed by atoms with E-state index < -0.39 is 0 Å². The third-order valence-corrected chi connectivity index (χ3v) is 6.52. The fraction of sp³-hybridized carbons (Fsp3) is 0.571. The Morgan fingerprint density at radius 1 is 1.15 bits per heavy atom. The van der Waals surface area contributed by atoms with E-state index in [9.17, 15) is 0 Å². The quantitative estimate of drug-likeness (QED) is 0.615. The third kappa shape index (κ3) is 3.65. The van der Waals surface area contributed by atoms with E-state index in [0.29, 0.717) is 0 Å². The predicted molar refractivity (Wildman–Crippen MR) is 114 cm³/mol. The standard InChI is InChI=1S/C21H29N5S/c1-4-8-16-14-9-5-6-10-15(14)17-18-19(27-21(17)25-16)20(24-13-23-18)22-11-7-12-26(2)3/h13H,4-12H2,1-3H3,(H,22,23,24)/p+1. The van der Waals surface area contributed by atoms with Crippen molar-refractivity contribution < 1.29 is 4.90 Å². The lowest BCUT2D eigenvalue weighted by Gasteiger charge is -2.19. The van der Waals surface area contributed by atoms with Crippen molar-refractivity contribution in [2.24, 2.45) is 0 Å². The van der Waals surface area contributed by atoms with Crippen molar-refractivity contribution in [1.82, 2.24) is 15.0 Å². The van der Waals surface area contributed by atoms with Crippen LogP contribution in [0.3, 0.4) is 0 Å². The van der Waals surface area contributed by atoms with E-state index in [2.05, 4.69) is 36.3 Å². The summed E-state index contributed by atoms with van der Waals surface area (Å²) in [5, 5.41) is 4.84. The van der Waals surface area contributed by atoms with Gasteiger partial charge in [-0.25, -0.2) is 15.0 Å². The van der Waals surface area contributed by atoms with Gasteiger partial charge in [0.25, 0.3) is 0 Å². The lowest BCUT2D eigenvalue weighted by molar-refractivity contribution is -0.858. The Kier molecular flexibility index (Phi) is 5.55. The Morgan fingerprint density at radius 2 is 1.96 bits per heavy atom. The van der Waals surface area contributed by atoms with Gasteiger partial charge in [0.15, 0.2) is 0 Å². The number of quaternary nitrogens is 1. The van der Waals surface area contributed by atoms with Crippen molar-refractivity contribution in [3.63, 3.8) is 0 Å². The molecule has 27 heavy (non-hydrogen) atoms. The van der Waals surface area contributed by atoms with Gasteiger partial charge in [-0.3, -0.25) is 0 Å². The number of hydrogen-bond donors (Lipinski definition) is 2. The average Bonchev–Trinajstić information content (AvgIpc) is 3.05. The molecule has 0 spiro atoms. The summed E-state index contributed by atoms with van der Waals surface area (Å²) in [5.41, 5.74) is 5.45. The highest BCUT2D eigenvalue weighted by molar-refractivity contribution is 7.26. The second-order valence-corrected chi connectivity index (χ2v) is 8.89. The monoisotopic (exact) mass is 384 g/mol. The minimum absolute atomic E-state index is 0.943. The molecule has 3 heterocycles. The smallest absolute Gasteiger partial charge is 0.147 e. The minimum atomic E-state index is 0.943. The third-order valence-electron chi connectivity index (χ3n) is 5.44. The number of nitrogens with one attached hydrogen (secondary N) is 2. The molecule has 0 saturated carbocycles. The molecule has 3 aromatic heterocycles. The minimum Gasteiger partial charge on any atom is -0.369 e. The molecule has 3 aromatic rings. The van der Waals surface area contributed by atoms with E-state index >= 15 is 0 Å². The van der Waals surface area contributed by atoms with Crippen molar-refractivity contribution in [3.05, 3.63) is 23.1 Å². The molecule has 0 aromatic carbocycles. The first-order chi connectivity index (χ1) is 13.2. The van der Waals surface area contributed by atoms with Crippen LogP contribution in [0.1, 0.15) is 49.4 Å². The summed E-state index contributed by atoms with van der Waals surface area (Å²) in [6, 6.07) is 0. The van der Waals surface area contributed by atoms with Crippen LogP contribution in [0.25, 0.3) is 20.4 Å². The van der Waals surface area contributed by atoms with E-state index in [1.54, 1.807) is 17.7 Å². The van der Waals surface area contributed by atoms with E-state index in [1.807, 2.05) is 0 Å². The maximum atomic E-state index is 5.10. The SMILES string of the molecule is CCCc1nc2sc3c(NCCC[NH+](C)C)ncnc3c2c2c1CCCC2. The molecule has 0 amide bonds. The number of nitrogens with zero attached hydrogens (tertiary/aromatic N) is 3. The van der Waals surface area contributed by atoms with Crippen LogP contribution in [-0.2, 0) is 19.3 Å². The molecule has 0 saturated heterocycles. The van der Waals surface area contributed by atoms with Crippen LogP contribution in [0.2, 0.25) is 0 Å². The van der Waals surface area contributed by atoms with Gasteiger partial charge in [-0.15, -0.1) is 11.3 Å². The van der Waals surface area contributed by atoms with E-state index in [4.69, 9.17) is 4.98 Å². The highest BCUT2D eigenvalue weighted by Gasteiger charge is 2.22. The maximum Gasteiger partial charge on any atom is 0.147 e. The molecular weight excluding hydrogens is 354 g/mol. The largest absolute Gasteiger partial charge is 0.369 e. The molecule has 0 bridgehead atoms. The molecule has 1 aliphatic carbocycles. The molecule has 2 N–H and O–H groups in total. The Bertz CT molecular complexity index is 947. The first kappa shape index (κ1) is 18.6. The normalized spacial score (nSPS) is 14.2. The topological polar surface area (TPSA) is 55.1 Å². The highest BCUT2D eigenvalue weighted by atomic mass is 32.1. The van der Waals surface area contributed by atoms with Gasteiger partial charge >= 0.3 is 0 Å². The van der Waals surface area contributed by atoms with Crippen molar-refractivity contribution in [1.29, 1.82) is 0 Å². The average molecular weight is 385 g/mol. The van der Waals surface area contributed by atoms with Gasteiger partial charge in [-0.1, -0.05) is 13.3 Å². The Balaban J connectivity index is 1.77. The first-order valence-corrected chi connectivity index (χ1v) is 11.1. The zero-order valence-corrected chi connectivity index (χ0v) is 17.5. The van der Waals surface area contributed by atoms with Gasteiger partial charge in [-0.2, -0.15) is 0 Å². The molecule has 0 aliphatic heterocycles. The number of pyridine rings is 1. The fourth-order valence-electron chi connectivity index (χ4n) is 4.16. The summed E-state index contributed by atoms with van der Waals surface area (Å²) in [5.74, 6) is 0.971. The van der Waals surface area contributed by atoms with Crippen LogP contribution in [-0.4, -0.2) is 42.1 Å². The van der Waals surface area contributed by atoms with Crippen molar-refractivity contribution in [3.8, 4) is 0 Å². The van der Waals surface area contributed by atoms with Gasteiger partial charge in [0.1, 0.15) is 17.0 Å². The van der Waals surface area contributed by atoms with Crippen LogP contribution in [0.4, 0.5) is 5.82 Å². The van der Waals surface area contributed by atoms with Crippen molar-refractivity contribution >= 4 is 37.6 Å². The lowest BCUT2D eigenvalue weighted by Crippen LogP contribution is -3.05. The molecule has 0 radical (unpaired) electrons. The predicted octanol–water partition coefficient (Wildman–Crippen LogP) is 3.02. The van der Waals surface area contributed by atoms with Crippen LogP contribution in [0.15, 0.2) is 6.33 Å². The van der Waals surface area contributed by atoms with Gasteiger partial charge in [0.05, 0.1) is 30.9 Å². The Hall–Kier alpha value is -1.79. The van der Waals surface area contributed by atoms with Gasteiger partial charge < -0.3 is 10.2 Å². The zero-order valence-electron chi connectivity index (χ0n) is 16.7. The van der Waals surface area contributed by atoms with Gasteiger partial charge in [-0.05, 0) is 43.2 Å². The molecule has 0 atom stereocenters. The number of rotatable bonds is 7. The summed E-state index contributed by atoms with van der Waals surface area (Å²) in [6.45, 7) is 4.34. The summed E-state index contributed by atoms with van der Waals surface area (Å²) in [7, 11) is 4.38. The lowest BCUT2D eigenvalue weighted by atomic mass is 9.88. The van der Waals surface area contributed by atoms with Crippen LogP contribution in [0.5, 0.6) is 0 Å². The molecule has 1 aliphatic rings. The van der Waals surface area contributed by atoms with Crippen LogP contribution in [0, 0.1) is 0 Å². The summed E-state index contributed by atoms with van der Waals surface area (Å²) in [4.78, 5) is 17.0. The number of thiophene rings is 1. The second kappa shape index (κ2) is 8.07. The van der Waals surface area contributed by atoms with Crippen LogP contribution >= 0.6 is 11.3 Å². The molecule has 0 fully saturated rings. The fourth-order valence-corrected chi connectivity index (χ4v) is 5.30. The molecule has 0 unspecified atom stereocenters. The maximum absolute atomic E-state index is 5.10. The number of hydrogen-bond acceptors (Lipinski definition) is 5. The summed E-state index contributed by atoms with van der Waals surface area (Å²) < 4.78 is 1.17. The summed E-state index contributed by atoms with van der Waals surface area (Å²) in [6.07, 6.45) is 9.97. The van der Waals surface area contributed by atoms with E-state index in [0.717, 1.165) is 54.9 Å². The van der Waals surface area contributed by atoms with E-state index in [1.165, 1.54) is 51.1 Å². The number of aromatic nitrogens is 3. The second-order valence-electron chi connectivity index (χ2n) is 7.89. The molecule has 6 heteroatoms. The Morgan fingerprint density at radius 3 is 2.74 bits per heavy atom. The number of anilines is 1.